The number of carbonyl (C=O) groups is 1. The molecule has 2 heterocycles. The molecular formula is C13H16BrN3OS. The van der Waals surface area contributed by atoms with Crippen LogP contribution < -0.4 is 5.32 Å². The van der Waals surface area contributed by atoms with E-state index in [1.54, 1.807) is 22.2 Å². The monoisotopic (exact) mass is 341 g/mol. The Morgan fingerprint density at radius 1 is 1.63 bits per heavy atom. The van der Waals surface area contributed by atoms with Crippen LogP contribution in [0.5, 0.6) is 0 Å². The van der Waals surface area contributed by atoms with Gasteiger partial charge >= 0.3 is 0 Å². The second-order valence-electron chi connectivity index (χ2n) is 4.40. The van der Waals surface area contributed by atoms with E-state index in [0.29, 0.717) is 6.54 Å². The molecule has 0 aliphatic rings. The fraction of sp³-hybridized carbons (Fsp3) is 0.385. The lowest BCUT2D eigenvalue weighted by atomic mass is 10.1. The number of thiophene rings is 1. The Morgan fingerprint density at radius 2 is 2.42 bits per heavy atom. The molecule has 0 saturated heterocycles. The first kappa shape index (κ1) is 14.3. The molecule has 19 heavy (non-hydrogen) atoms. The number of aromatic nitrogens is 2. The van der Waals surface area contributed by atoms with Gasteiger partial charge in [0.1, 0.15) is 5.82 Å². The average Bonchev–Trinajstić information content (AvgIpc) is 2.99. The Morgan fingerprint density at radius 3 is 3.05 bits per heavy atom. The van der Waals surface area contributed by atoms with E-state index in [4.69, 9.17) is 0 Å². The highest BCUT2D eigenvalue weighted by molar-refractivity contribution is 9.10. The van der Waals surface area contributed by atoms with Crippen LogP contribution in [0.25, 0.3) is 0 Å². The highest BCUT2D eigenvalue weighted by atomic mass is 79.9. The number of nitrogens with zero attached hydrogens (tertiary/aromatic N) is 2. The first-order valence-corrected chi connectivity index (χ1v) is 7.83. The largest absolute Gasteiger partial charge is 0.311 e. The number of amides is 1. The fourth-order valence-corrected chi connectivity index (χ4v) is 3.02. The van der Waals surface area contributed by atoms with Crippen LogP contribution in [0.4, 0.5) is 5.82 Å². The van der Waals surface area contributed by atoms with Crippen molar-refractivity contribution in [3.05, 3.63) is 33.1 Å². The molecule has 1 N–H and O–H groups in total. The Labute approximate surface area is 125 Å². The van der Waals surface area contributed by atoms with E-state index >= 15 is 0 Å². The van der Waals surface area contributed by atoms with Gasteiger partial charge in [-0.3, -0.25) is 4.79 Å². The molecule has 2 rings (SSSR count). The van der Waals surface area contributed by atoms with Crippen LogP contribution in [0, 0.1) is 5.92 Å². The highest BCUT2D eigenvalue weighted by Gasteiger charge is 2.13. The summed E-state index contributed by atoms with van der Waals surface area (Å²) in [6.45, 7) is 4.59. The van der Waals surface area contributed by atoms with Crippen molar-refractivity contribution in [3.8, 4) is 0 Å². The molecule has 0 aliphatic heterocycles. The molecule has 0 radical (unpaired) electrons. The zero-order valence-electron chi connectivity index (χ0n) is 10.9. The van der Waals surface area contributed by atoms with E-state index in [9.17, 15) is 4.79 Å². The molecule has 6 heteroatoms. The number of halogens is 1. The maximum absolute atomic E-state index is 11.9. The van der Waals surface area contributed by atoms with Crippen molar-refractivity contribution in [2.45, 2.75) is 26.8 Å². The molecule has 0 aliphatic carbocycles. The third kappa shape index (κ3) is 3.67. The number of hydrogen-bond donors (Lipinski definition) is 1. The zero-order chi connectivity index (χ0) is 13.8. The van der Waals surface area contributed by atoms with Crippen LogP contribution in [0.1, 0.15) is 25.1 Å². The lowest BCUT2D eigenvalue weighted by Gasteiger charge is -2.11. The van der Waals surface area contributed by atoms with Gasteiger partial charge in [-0.05, 0) is 28.4 Å². The van der Waals surface area contributed by atoms with Crippen molar-refractivity contribution in [2.75, 3.05) is 5.32 Å². The molecule has 0 bridgehead atoms. The van der Waals surface area contributed by atoms with Crippen molar-refractivity contribution < 1.29 is 4.79 Å². The second kappa shape index (κ2) is 6.34. The molecule has 1 amide bonds. The summed E-state index contributed by atoms with van der Waals surface area (Å²) in [5, 5.41) is 9.21. The molecule has 1 unspecified atom stereocenters. The predicted octanol–water partition coefficient (Wildman–Crippen LogP) is 3.74. The van der Waals surface area contributed by atoms with Gasteiger partial charge in [0, 0.05) is 26.7 Å². The minimum Gasteiger partial charge on any atom is -0.311 e. The number of carbonyl (C=O) groups excluding carboxylic acids is 1. The number of anilines is 1. The summed E-state index contributed by atoms with van der Waals surface area (Å²) in [5.74, 6) is 0.797. The third-order valence-electron chi connectivity index (χ3n) is 2.96. The van der Waals surface area contributed by atoms with Gasteiger partial charge in [0.2, 0.25) is 5.91 Å². The Bertz CT molecular complexity index is 564. The third-order valence-corrected chi connectivity index (χ3v) is 4.64. The number of hydrogen-bond acceptors (Lipinski definition) is 3. The molecule has 0 aromatic carbocycles. The summed E-state index contributed by atoms with van der Waals surface area (Å²) in [5.41, 5.74) is 0. The molecule has 2 aromatic rings. The van der Waals surface area contributed by atoms with E-state index in [2.05, 4.69) is 32.4 Å². The van der Waals surface area contributed by atoms with Gasteiger partial charge in [-0.1, -0.05) is 13.8 Å². The van der Waals surface area contributed by atoms with Gasteiger partial charge < -0.3 is 5.32 Å². The number of nitrogens with one attached hydrogen (secondary N) is 1. The lowest BCUT2D eigenvalue weighted by Crippen LogP contribution is -2.21. The number of rotatable bonds is 5. The minimum absolute atomic E-state index is 0.0132. The summed E-state index contributed by atoms with van der Waals surface area (Å²) in [7, 11) is 0. The lowest BCUT2D eigenvalue weighted by molar-refractivity contribution is -0.119. The average molecular weight is 342 g/mol. The van der Waals surface area contributed by atoms with Crippen molar-refractivity contribution in [1.29, 1.82) is 0 Å². The summed E-state index contributed by atoms with van der Waals surface area (Å²) in [6.07, 6.45) is 2.53. The molecule has 0 saturated carbocycles. The van der Waals surface area contributed by atoms with Crippen LogP contribution in [-0.4, -0.2) is 15.7 Å². The first-order valence-electron chi connectivity index (χ1n) is 6.15. The zero-order valence-corrected chi connectivity index (χ0v) is 13.3. The van der Waals surface area contributed by atoms with Crippen LogP contribution >= 0.6 is 27.3 Å². The van der Waals surface area contributed by atoms with Gasteiger partial charge in [-0.2, -0.15) is 5.10 Å². The topological polar surface area (TPSA) is 46.9 Å². The van der Waals surface area contributed by atoms with Crippen LogP contribution in [0.15, 0.2) is 28.2 Å². The standard InChI is InChI=1S/C13H16BrN3OS/c1-3-9(2)13(18)16-12-4-5-15-17(12)7-11-6-10(14)8-19-11/h4-6,8-9H,3,7H2,1-2H3,(H,16,18). The van der Waals surface area contributed by atoms with Crippen molar-refractivity contribution in [2.24, 2.45) is 5.92 Å². The molecule has 4 nitrogen and oxygen atoms in total. The van der Waals surface area contributed by atoms with E-state index in [-0.39, 0.29) is 11.8 Å². The molecular weight excluding hydrogens is 326 g/mol. The second-order valence-corrected chi connectivity index (χ2v) is 6.32. The van der Waals surface area contributed by atoms with Crippen molar-refractivity contribution in [3.63, 3.8) is 0 Å². The van der Waals surface area contributed by atoms with Crippen molar-refractivity contribution >= 4 is 39.0 Å². The Hall–Kier alpha value is -1.14. The van der Waals surface area contributed by atoms with Crippen LogP contribution in [-0.2, 0) is 11.3 Å². The van der Waals surface area contributed by atoms with Gasteiger partial charge in [-0.25, -0.2) is 4.68 Å². The van der Waals surface area contributed by atoms with E-state index < -0.39 is 0 Å². The van der Waals surface area contributed by atoms with E-state index in [0.717, 1.165) is 16.7 Å². The van der Waals surface area contributed by atoms with Gasteiger partial charge in [-0.15, -0.1) is 11.3 Å². The first-order chi connectivity index (χ1) is 9.10. The van der Waals surface area contributed by atoms with Gasteiger partial charge in [0.25, 0.3) is 0 Å². The van der Waals surface area contributed by atoms with Crippen LogP contribution in [0.3, 0.4) is 0 Å². The minimum atomic E-state index is 0.0132. The molecule has 2 aromatic heterocycles. The normalized spacial score (nSPS) is 12.4. The van der Waals surface area contributed by atoms with E-state index in [1.165, 1.54) is 4.88 Å². The molecule has 102 valence electrons. The predicted molar refractivity (Wildman–Crippen MR) is 81.4 cm³/mol. The Balaban J connectivity index is 2.07. The summed E-state index contributed by atoms with van der Waals surface area (Å²) >= 11 is 5.10. The summed E-state index contributed by atoms with van der Waals surface area (Å²) in [4.78, 5) is 13.1. The smallest absolute Gasteiger partial charge is 0.228 e. The summed E-state index contributed by atoms with van der Waals surface area (Å²) < 4.78 is 2.88. The van der Waals surface area contributed by atoms with Gasteiger partial charge in [0.15, 0.2) is 0 Å². The molecule has 1 atom stereocenters. The van der Waals surface area contributed by atoms with Gasteiger partial charge in [0.05, 0.1) is 12.7 Å². The summed E-state index contributed by atoms with van der Waals surface area (Å²) in [6, 6.07) is 3.88. The molecule has 0 fully saturated rings. The maximum Gasteiger partial charge on any atom is 0.228 e. The SMILES string of the molecule is CCC(C)C(=O)Nc1ccnn1Cc1cc(Br)cs1. The quantitative estimate of drug-likeness (QED) is 0.900. The van der Waals surface area contributed by atoms with Crippen molar-refractivity contribution in [1.82, 2.24) is 9.78 Å². The fourth-order valence-electron chi connectivity index (χ4n) is 1.58. The highest BCUT2D eigenvalue weighted by Crippen LogP contribution is 2.21. The van der Waals surface area contributed by atoms with E-state index in [1.807, 2.05) is 25.3 Å². The molecule has 0 spiro atoms. The maximum atomic E-state index is 11.9. The van der Waals surface area contributed by atoms with Crippen LogP contribution in [0.2, 0.25) is 0 Å². The Kier molecular flexibility index (Phi) is 4.76.